The van der Waals surface area contributed by atoms with Gasteiger partial charge in [-0.15, -0.1) is 0 Å². The lowest BCUT2D eigenvalue weighted by molar-refractivity contribution is -0.132. The minimum Gasteiger partial charge on any atom is -0.491 e. The van der Waals surface area contributed by atoms with Crippen LogP contribution < -0.4 is 37.1 Å². The monoisotopic (exact) mass is 691 g/mol. The van der Waals surface area contributed by atoms with Gasteiger partial charge < -0.3 is 56.9 Å². The number of nitrogens with two attached hydrogens (primary N) is 1. The Kier molecular flexibility index (Phi) is 17.6. The molecular weight excluding hydrogens is 642 g/mol. The highest BCUT2D eigenvalue weighted by Gasteiger charge is 2.29. The van der Waals surface area contributed by atoms with Gasteiger partial charge in [0.1, 0.15) is 30.7 Å². The summed E-state index contributed by atoms with van der Waals surface area (Å²) < 4.78 is 11.3. The summed E-state index contributed by atoms with van der Waals surface area (Å²) in [5, 5.41) is 32.7. The van der Waals surface area contributed by atoms with Gasteiger partial charge in [-0.3, -0.25) is 24.0 Å². The maximum Gasteiger partial charge on any atom is 0.312 e. The highest BCUT2D eigenvalue weighted by molar-refractivity contribution is 5.98. The van der Waals surface area contributed by atoms with Crippen molar-refractivity contribution in [3.05, 3.63) is 35.9 Å². The number of urea groups is 1. The van der Waals surface area contributed by atoms with Crippen molar-refractivity contribution in [2.75, 3.05) is 44.8 Å². The Morgan fingerprint density at radius 2 is 1.80 bits per heavy atom. The number of amides is 7. The van der Waals surface area contributed by atoms with Crippen LogP contribution in [-0.2, 0) is 35.3 Å². The zero-order valence-corrected chi connectivity index (χ0v) is 28.2. The van der Waals surface area contributed by atoms with E-state index in [0.717, 1.165) is 0 Å². The fourth-order valence-corrected chi connectivity index (χ4v) is 4.72. The Morgan fingerprint density at radius 1 is 1.04 bits per heavy atom. The van der Waals surface area contributed by atoms with E-state index in [1.807, 2.05) is 13.8 Å². The second-order valence-corrected chi connectivity index (χ2v) is 11.4. The lowest BCUT2D eigenvalue weighted by atomic mass is 9.97. The topological polar surface area (TPSA) is 251 Å². The van der Waals surface area contributed by atoms with Crippen LogP contribution in [0.5, 0.6) is 5.75 Å². The summed E-state index contributed by atoms with van der Waals surface area (Å²) in [6.07, 6.45) is 2.68. The number of aliphatic hydroxyl groups is 2. The Labute approximate surface area is 285 Å². The number of ether oxygens (including phenoxy) is 2. The van der Waals surface area contributed by atoms with Crippen molar-refractivity contribution in [2.45, 2.75) is 71.4 Å². The third-order valence-corrected chi connectivity index (χ3v) is 7.61. The smallest absolute Gasteiger partial charge is 0.312 e. The van der Waals surface area contributed by atoms with E-state index in [1.54, 1.807) is 12.1 Å². The fraction of sp³-hybridized carbons (Fsp3) is 0.562. The molecule has 0 fully saturated rings. The number of carbonyl (C=O) groups is 6. The van der Waals surface area contributed by atoms with Gasteiger partial charge in [-0.2, -0.15) is 0 Å². The molecule has 0 bridgehead atoms. The number of nitrogens with zero attached hydrogens (tertiary/aromatic N) is 1. The highest BCUT2D eigenvalue weighted by atomic mass is 16.5. The largest absolute Gasteiger partial charge is 0.491 e. The van der Waals surface area contributed by atoms with Crippen LogP contribution in [0.2, 0.25) is 0 Å². The van der Waals surface area contributed by atoms with Crippen molar-refractivity contribution in [3.63, 3.8) is 0 Å². The van der Waals surface area contributed by atoms with Crippen molar-refractivity contribution in [1.82, 2.24) is 26.2 Å². The van der Waals surface area contributed by atoms with E-state index >= 15 is 0 Å². The minimum atomic E-state index is -1.02. The Bertz CT molecular complexity index is 1320. The zero-order valence-electron chi connectivity index (χ0n) is 28.2. The van der Waals surface area contributed by atoms with E-state index in [4.69, 9.17) is 15.2 Å². The molecule has 0 saturated carbocycles. The quantitative estimate of drug-likeness (QED) is 0.0705. The normalized spacial score (nSPS) is 15.6. The second-order valence-electron chi connectivity index (χ2n) is 11.4. The molecule has 2 unspecified atom stereocenters. The minimum absolute atomic E-state index is 0.0275. The SMILES string of the molecule is CCC(C)[C@H](NC(C)=O)C(=O)N[C@@H](CCCNC(N)=O)C(=O)Nc1ccc(CO)c(OCCOCCNC(=O)CCN2C(=O)C=CC2O)c1. The summed E-state index contributed by atoms with van der Waals surface area (Å²) >= 11 is 0. The number of primary amides is 1. The number of nitrogens with one attached hydrogen (secondary N) is 5. The molecule has 0 aromatic heterocycles. The third-order valence-electron chi connectivity index (χ3n) is 7.61. The van der Waals surface area contributed by atoms with Crippen LogP contribution in [-0.4, -0.2) is 108 Å². The molecule has 49 heavy (non-hydrogen) atoms. The van der Waals surface area contributed by atoms with Crippen molar-refractivity contribution >= 4 is 41.3 Å². The van der Waals surface area contributed by atoms with Crippen LogP contribution in [0.15, 0.2) is 30.4 Å². The van der Waals surface area contributed by atoms with Crippen LogP contribution in [0.1, 0.15) is 52.0 Å². The number of rotatable bonds is 22. The first kappa shape index (κ1) is 40.4. The van der Waals surface area contributed by atoms with Crippen molar-refractivity contribution < 1.29 is 48.5 Å². The van der Waals surface area contributed by atoms with Crippen LogP contribution >= 0.6 is 0 Å². The van der Waals surface area contributed by atoms with Crippen molar-refractivity contribution in [1.29, 1.82) is 0 Å². The van der Waals surface area contributed by atoms with Gasteiger partial charge >= 0.3 is 6.03 Å². The molecule has 1 heterocycles. The molecule has 0 saturated heterocycles. The van der Waals surface area contributed by atoms with E-state index in [9.17, 15) is 39.0 Å². The van der Waals surface area contributed by atoms with Gasteiger partial charge in [-0.05, 0) is 30.9 Å². The zero-order chi connectivity index (χ0) is 36.3. The average molecular weight is 692 g/mol. The van der Waals surface area contributed by atoms with Gasteiger partial charge in [0.2, 0.25) is 29.5 Å². The lowest BCUT2D eigenvalue weighted by Crippen LogP contribution is -2.54. The Morgan fingerprint density at radius 3 is 2.43 bits per heavy atom. The van der Waals surface area contributed by atoms with Gasteiger partial charge in [0.15, 0.2) is 0 Å². The molecule has 9 N–H and O–H groups in total. The number of anilines is 1. The highest BCUT2D eigenvalue weighted by Crippen LogP contribution is 2.24. The maximum absolute atomic E-state index is 13.4. The number of carbonyl (C=O) groups excluding carboxylic acids is 6. The first-order valence-corrected chi connectivity index (χ1v) is 16.2. The van der Waals surface area contributed by atoms with E-state index in [2.05, 4.69) is 26.6 Å². The summed E-state index contributed by atoms with van der Waals surface area (Å²) in [6.45, 7) is 5.57. The molecule has 7 amide bonds. The van der Waals surface area contributed by atoms with Crippen molar-refractivity contribution in [3.8, 4) is 5.75 Å². The lowest BCUT2D eigenvalue weighted by Gasteiger charge is -2.26. The van der Waals surface area contributed by atoms with Gasteiger partial charge in [-0.1, -0.05) is 26.3 Å². The first-order chi connectivity index (χ1) is 23.4. The standard InChI is InChI=1S/C32H49N7O10/c1-4-20(2)29(36-21(3)41)31(46)38-24(6-5-12-35-32(33)47)30(45)37-23-8-7-22(19-40)25(18-23)49-17-16-48-15-13-34-26(42)11-14-39-27(43)9-10-28(39)44/h7-10,18,20,24,27,29,40,43H,4-6,11-17,19H2,1-3H3,(H,34,42)(H,36,41)(H,37,45)(H,38,46)(H3,33,35,47)/t20?,24-,27?,29-/m0/s1. The van der Waals surface area contributed by atoms with E-state index < -0.39 is 36.2 Å². The molecule has 272 valence electrons. The average Bonchev–Trinajstić information content (AvgIpc) is 3.38. The molecule has 4 atom stereocenters. The van der Waals surface area contributed by atoms with Crippen LogP contribution in [0, 0.1) is 5.92 Å². The first-order valence-electron chi connectivity index (χ1n) is 16.2. The van der Waals surface area contributed by atoms with Gasteiger partial charge in [0, 0.05) is 56.4 Å². The number of aliphatic hydroxyl groups excluding tert-OH is 2. The van der Waals surface area contributed by atoms with Crippen LogP contribution in [0.3, 0.4) is 0 Å². The van der Waals surface area contributed by atoms with E-state index in [1.165, 1.54) is 30.0 Å². The van der Waals surface area contributed by atoms with Crippen LogP contribution in [0.4, 0.5) is 10.5 Å². The van der Waals surface area contributed by atoms with E-state index in [-0.39, 0.29) is 82.5 Å². The second kappa shape index (κ2) is 21.3. The molecule has 1 aromatic rings. The predicted octanol–water partition coefficient (Wildman–Crippen LogP) is -0.780. The number of benzene rings is 1. The van der Waals surface area contributed by atoms with Gasteiger partial charge in [-0.25, -0.2) is 4.79 Å². The summed E-state index contributed by atoms with van der Waals surface area (Å²) in [7, 11) is 0. The summed E-state index contributed by atoms with van der Waals surface area (Å²) in [5.74, 6) is -2.03. The molecule has 17 nitrogen and oxygen atoms in total. The van der Waals surface area contributed by atoms with E-state index in [0.29, 0.717) is 29.8 Å². The molecule has 1 aliphatic rings. The summed E-state index contributed by atoms with van der Waals surface area (Å²) in [4.78, 5) is 74.2. The molecule has 0 spiro atoms. The Balaban J connectivity index is 1.91. The Hall–Kier alpha value is -4.74. The molecule has 0 radical (unpaired) electrons. The predicted molar refractivity (Wildman–Crippen MR) is 178 cm³/mol. The van der Waals surface area contributed by atoms with Crippen molar-refractivity contribution in [2.24, 2.45) is 11.7 Å². The maximum atomic E-state index is 13.4. The molecule has 2 rings (SSSR count). The molecule has 1 aliphatic heterocycles. The molecule has 1 aromatic carbocycles. The fourth-order valence-electron chi connectivity index (χ4n) is 4.72. The molecule has 17 heteroatoms. The summed E-state index contributed by atoms with van der Waals surface area (Å²) in [6, 6.07) is 2.07. The number of hydrogen-bond donors (Lipinski definition) is 8. The van der Waals surface area contributed by atoms with Crippen LogP contribution in [0.25, 0.3) is 0 Å². The molecular formula is C32H49N7O10. The third kappa shape index (κ3) is 14.5. The molecule has 0 aliphatic carbocycles. The number of hydrogen-bond acceptors (Lipinski definition) is 10. The summed E-state index contributed by atoms with van der Waals surface area (Å²) in [5.41, 5.74) is 5.91. The van der Waals surface area contributed by atoms with Gasteiger partial charge in [0.05, 0.1) is 19.8 Å². The van der Waals surface area contributed by atoms with Gasteiger partial charge in [0.25, 0.3) is 0 Å².